The third-order valence-corrected chi connectivity index (χ3v) is 4.69. The maximum atomic E-state index is 12.9. The van der Waals surface area contributed by atoms with Gasteiger partial charge in [0.2, 0.25) is 0 Å². The lowest BCUT2D eigenvalue weighted by molar-refractivity contribution is 0.0130. The summed E-state index contributed by atoms with van der Waals surface area (Å²) in [6.07, 6.45) is -0.334. The molecule has 0 unspecified atom stereocenters. The van der Waals surface area contributed by atoms with Crippen molar-refractivity contribution in [1.82, 2.24) is 24.0 Å². The van der Waals surface area contributed by atoms with E-state index in [0.717, 1.165) is 0 Å². The topological polar surface area (TPSA) is 103 Å². The first kappa shape index (κ1) is 14.1. The highest BCUT2D eigenvalue weighted by Gasteiger charge is 2.36. The summed E-state index contributed by atoms with van der Waals surface area (Å²) in [6, 6.07) is -0.840. The summed E-state index contributed by atoms with van der Waals surface area (Å²) in [6.45, 7) is 3.04. The molecule has 0 saturated carbocycles. The summed E-state index contributed by atoms with van der Waals surface area (Å²) in [7, 11) is 0. The van der Waals surface area contributed by atoms with Gasteiger partial charge >= 0.3 is 11.8 Å². The van der Waals surface area contributed by atoms with E-state index in [1.165, 1.54) is 4.90 Å². The lowest BCUT2D eigenvalue weighted by atomic mass is 10.1. The highest BCUT2D eigenvalue weighted by Crippen LogP contribution is 2.28. The number of aldehydes is 1. The van der Waals surface area contributed by atoms with Crippen LogP contribution in [0.2, 0.25) is 0 Å². The Kier molecular flexibility index (Phi) is 3.49. The van der Waals surface area contributed by atoms with Gasteiger partial charge in [0.25, 0.3) is 0 Å². The number of hydrogen-bond donors (Lipinski definition) is 0. The van der Waals surface area contributed by atoms with Crippen molar-refractivity contribution in [2.45, 2.75) is 52.3 Å². The highest BCUT2D eigenvalue weighted by molar-refractivity contribution is 5.88. The summed E-state index contributed by atoms with van der Waals surface area (Å²) in [5.41, 5.74) is -2.69. The van der Waals surface area contributed by atoms with E-state index in [1.54, 1.807) is 39.5 Å². The molecule has 0 radical (unpaired) electrons. The average molecular weight is 411 g/mol. The van der Waals surface area contributed by atoms with Crippen molar-refractivity contribution < 1.29 is 22.6 Å². The molecule has 1 amide bonds. The molecule has 1 aliphatic rings. The standard InChI is InChI=1S/C19H28N6O4/c1-11-9-25(18(28)29-19(3,4)5)12(2)8-24(11)15-14-16(23(7)17(27)21-15)22(6)13(10-26)20-14/h10-12H,8-9H2,1-7H3/t11-,12+/m0/s1/i6D3,7D3. The number of hydrogen-bond acceptors (Lipinski definition) is 7. The van der Waals surface area contributed by atoms with Crippen LogP contribution in [-0.2, 0) is 18.7 Å². The van der Waals surface area contributed by atoms with E-state index in [-0.39, 0.29) is 35.3 Å². The van der Waals surface area contributed by atoms with E-state index >= 15 is 0 Å². The van der Waals surface area contributed by atoms with Gasteiger partial charge in [-0.2, -0.15) is 4.98 Å². The molecule has 2 atom stereocenters. The molecule has 1 aliphatic heterocycles. The molecule has 158 valence electrons. The number of rotatable bonds is 2. The number of aromatic nitrogens is 4. The monoisotopic (exact) mass is 410 g/mol. The van der Waals surface area contributed by atoms with Crippen molar-refractivity contribution >= 4 is 29.4 Å². The summed E-state index contributed by atoms with van der Waals surface area (Å²) in [5.74, 6) is -0.639. The highest BCUT2D eigenvalue weighted by atomic mass is 16.6. The molecule has 0 N–H and O–H groups in total. The third kappa shape index (κ3) is 3.70. The molecule has 3 rings (SSSR count). The number of amides is 1. The predicted molar refractivity (Wildman–Crippen MR) is 108 cm³/mol. The Bertz CT molecular complexity index is 1210. The first-order chi connectivity index (χ1) is 15.9. The van der Waals surface area contributed by atoms with Gasteiger partial charge in [-0.25, -0.2) is 14.6 Å². The first-order valence-electron chi connectivity index (χ1n) is 12.1. The fourth-order valence-corrected chi connectivity index (χ4v) is 3.34. The van der Waals surface area contributed by atoms with Crippen LogP contribution in [0.3, 0.4) is 0 Å². The molecule has 2 aromatic heterocycles. The van der Waals surface area contributed by atoms with E-state index in [9.17, 15) is 14.4 Å². The molecule has 2 aromatic rings. The van der Waals surface area contributed by atoms with Crippen LogP contribution < -0.4 is 10.6 Å². The third-order valence-electron chi connectivity index (χ3n) is 4.69. The number of ether oxygens (including phenoxy) is 1. The van der Waals surface area contributed by atoms with Crippen LogP contribution in [0.25, 0.3) is 11.2 Å². The van der Waals surface area contributed by atoms with Crippen LogP contribution in [0.1, 0.15) is 53.5 Å². The number of carbonyl (C=O) groups is 2. The molecule has 0 spiro atoms. The van der Waals surface area contributed by atoms with E-state index in [4.69, 9.17) is 13.0 Å². The molecule has 10 nitrogen and oxygen atoms in total. The second-order valence-corrected chi connectivity index (χ2v) is 8.13. The molecule has 3 heterocycles. The molecular weight excluding hydrogens is 376 g/mol. The van der Waals surface area contributed by atoms with E-state index in [2.05, 4.69) is 9.97 Å². The Morgan fingerprint density at radius 2 is 1.86 bits per heavy atom. The zero-order valence-electron chi connectivity index (χ0n) is 23.0. The Labute approximate surface area is 177 Å². The Hall–Kier alpha value is -2.91. The van der Waals surface area contributed by atoms with Gasteiger partial charge < -0.3 is 19.1 Å². The van der Waals surface area contributed by atoms with Crippen LogP contribution in [0.15, 0.2) is 4.79 Å². The van der Waals surface area contributed by atoms with Crippen molar-refractivity contribution in [1.29, 1.82) is 0 Å². The summed E-state index contributed by atoms with van der Waals surface area (Å²) in [4.78, 5) is 48.4. The maximum absolute atomic E-state index is 12.9. The lowest BCUT2D eigenvalue weighted by Gasteiger charge is -2.44. The number of piperazine rings is 1. The average Bonchev–Trinajstić information content (AvgIpc) is 3.05. The molecule has 1 saturated heterocycles. The first-order valence-corrected chi connectivity index (χ1v) is 9.14. The van der Waals surface area contributed by atoms with Crippen LogP contribution in [0.5, 0.6) is 0 Å². The van der Waals surface area contributed by atoms with Gasteiger partial charge in [0.05, 0.1) is 0 Å². The largest absolute Gasteiger partial charge is 0.444 e. The van der Waals surface area contributed by atoms with E-state index in [0.29, 0.717) is 4.57 Å². The fraction of sp³-hybridized carbons (Fsp3) is 0.632. The number of fused-ring (bicyclic) bond motifs is 1. The summed E-state index contributed by atoms with van der Waals surface area (Å²) < 4.78 is 53.0. The Morgan fingerprint density at radius 1 is 1.17 bits per heavy atom. The minimum absolute atomic E-state index is 0.0696. The van der Waals surface area contributed by atoms with Crippen molar-refractivity contribution in [3.63, 3.8) is 0 Å². The molecule has 1 fully saturated rings. The molecule has 0 aromatic carbocycles. The van der Waals surface area contributed by atoms with Crippen LogP contribution in [0, 0.1) is 0 Å². The van der Waals surface area contributed by atoms with Crippen LogP contribution in [-0.4, -0.2) is 67.2 Å². The molecule has 29 heavy (non-hydrogen) atoms. The molecular formula is C19H28N6O4. The molecule has 0 bridgehead atoms. The number of imidazole rings is 1. The Balaban J connectivity index is 2.19. The number of carbonyl (C=O) groups excluding carboxylic acids is 2. The number of aryl methyl sites for hydroxylation is 2. The van der Waals surface area contributed by atoms with Crippen LogP contribution in [0.4, 0.5) is 10.6 Å². The normalized spacial score (nSPS) is 24.2. The van der Waals surface area contributed by atoms with Crippen molar-refractivity contribution in [2.75, 3.05) is 18.0 Å². The minimum Gasteiger partial charge on any atom is -0.444 e. The fourth-order valence-electron chi connectivity index (χ4n) is 3.34. The van der Waals surface area contributed by atoms with Gasteiger partial charge in [0, 0.05) is 47.3 Å². The van der Waals surface area contributed by atoms with Gasteiger partial charge in [-0.1, -0.05) is 0 Å². The van der Waals surface area contributed by atoms with Gasteiger partial charge in [0.15, 0.2) is 17.9 Å². The second-order valence-electron chi connectivity index (χ2n) is 8.13. The Morgan fingerprint density at radius 3 is 2.45 bits per heavy atom. The number of anilines is 1. The zero-order valence-corrected chi connectivity index (χ0v) is 17.0. The van der Waals surface area contributed by atoms with Gasteiger partial charge in [-0.3, -0.25) is 9.36 Å². The van der Waals surface area contributed by atoms with Gasteiger partial charge in [-0.05, 0) is 34.6 Å². The van der Waals surface area contributed by atoms with E-state index < -0.39 is 54.9 Å². The maximum Gasteiger partial charge on any atom is 0.410 e. The quantitative estimate of drug-likeness (QED) is 0.688. The van der Waals surface area contributed by atoms with Gasteiger partial charge in [-0.15, -0.1) is 0 Å². The van der Waals surface area contributed by atoms with Crippen molar-refractivity contribution in [3.05, 3.63) is 16.3 Å². The van der Waals surface area contributed by atoms with Crippen molar-refractivity contribution in [3.8, 4) is 0 Å². The van der Waals surface area contributed by atoms with Crippen molar-refractivity contribution in [2.24, 2.45) is 14.0 Å². The van der Waals surface area contributed by atoms with E-state index in [1.807, 2.05) is 0 Å². The molecule has 10 heteroatoms. The number of nitrogens with zero attached hydrogens (tertiary/aromatic N) is 6. The molecule has 0 aliphatic carbocycles. The lowest BCUT2D eigenvalue weighted by Crippen LogP contribution is -2.59. The predicted octanol–water partition coefficient (Wildman–Crippen LogP) is 1.31. The minimum atomic E-state index is -3.08. The summed E-state index contributed by atoms with van der Waals surface area (Å²) >= 11 is 0. The summed E-state index contributed by atoms with van der Waals surface area (Å²) in [5, 5.41) is 0. The zero-order chi connectivity index (χ0) is 26.7. The smallest absolute Gasteiger partial charge is 0.410 e. The van der Waals surface area contributed by atoms with Gasteiger partial charge in [0.1, 0.15) is 16.8 Å². The van der Waals surface area contributed by atoms with Crippen LogP contribution >= 0.6 is 0 Å². The SMILES string of the molecule is [2H]C([2H])([2H])n1c(C=O)nc2c(N3C[C@@H](C)N(C(=O)OC(C)(C)C)C[C@@H]3C)nc(=O)n(C([2H])([2H])[2H])c21. The second kappa shape index (κ2) is 7.16.